The van der Waals surface area contributed by atoms with E-state index in [1.807, 2.05) is 0 Å². The molecule has 0 bridgehead atoms. The van der Waals surface area contributed by atoms with E-state index in [0.29, 0.717) is 6.04 Å². The summed E-state index contributed by atoms with van der Waals surface area (Å²) in [5, 5.41) is 3.57. The van der Waals surface area contributed by atoms with E-state index in [1.54, 1.807) is 0 Å². The second-order valence-electron chi connectivity index (χ2n) is 5.63. The normalized spacial score (nSPS) is 32.0. The molecule has 88 valence electrons. The number of nitrogens with one attached hydrogen (secondary N) is 1. The third-order valence-corrected chi connectivity index (χ3v) is 4.29. The molecule has 0 aromatic carbocycles. The summed E-state index contributed by atoms with van der Waals surface area (Å²) in [6.45, 7) is 9.86. The van der Waals surface area contributed by atoms with Gasteiger partial charge < -0.3 is 10.2 Å². The Bertz CT molecular complexity index is 199. The van der Waals surface area contributed by atoms with Crippen molar-refractivity contribution in [2.75, 3.05) is 26.2 Å². The SMILES string of the molecule is CCC1(CN2CCCNC(C)CC2)CC1. The van der Waals surface area contributed by atoms with Crippen LogP contribution in [0.3, 0.4) is 0 Å². The highest BCUT2D eigenvalue weighted by Gasteiger charge is 2.41. The molecule has 0 aromatic heterocycles. The van der Waals surface area contributed by atoms with E-state index in [9.17, 15) is 0 Å². The predicted molar refractivity (Wildman–Crippen MR) is 65.1 cm³/mol. The molecule has 2 heteroatoms. The van der Waals surface area contributed by atoms with E-state index >= 15 is 0 Å². The second kappa shape index (κ2) is 4.84. The Morgan fingerprint density at radius 3 is 2.80 bits per heavy atom. The Morgan fingerprint density at radius 2 is 2.13 bits per heavy atom. The van der Waals surface area contributed by atoms with Crippen molar-refractivity contribution in [2.24, 2.45) is 5.41 Å². The van der Waals surface area contributed by atoms with Gasteiger partial charge in [0, 0.05) is 12.6 Å². The fraction of sp³-hybridized carbons (Fsp3) is 1.00. The van der Waals surface area contributed by atoms with Crippen molar-refractivity contribution in [1.29, 1.82) is 0 Å². The number of hydrogen-bond donors (Lipinski definition) is 1. The van der Waals surface area contributed by atoms with Crippen molar-refractivity contribution in [3.8, 4) is 0 Å². The number of nitrogens with zero attached hydrogens (tertiary/aromatic N) is 1. The molecule has 2 nitrogen and oxygen atoms in total. The first-order valence-electron chi connectivity index (χ1n) is 6.70. The molecule has 0 radical (unpaired) electrons. The molecule has 15 heavy (non-hydrogen) atoms. The lowest BCUT2D eigenvalue weighted by Crippen LogP contribution is -2.40. The maximum atomic E-state index is 3.57. The Kier molecular flexibility index (Phi) is 3.68. The van der Waals surface area contributed by atoms with Gasteiger partial charge in [0.1, 0.15) is 0 Å². The summed E-state index contributed by atoms with van der Waals surface area (Å²) in [5.41, 5.74) is 0.732. The molecule has 1 saturated carbocycles. The third-order valence-electron chi connectivity index (χ3n) is 4.29. The molecule has 0 amide bonds. The summed E-state index contributed by atoms with van der Waals surface area (Å²) in [4.78, 5) is 2.72. The van der Waals surface area contributed by atoms with Gasteiger partial charge in [0.2, 0.25) is 0 Å². The van der Waals surface area contributed by atoms with Crippen LogP contribution in [-0.4, -0.2) is 37.1 Å². The lowest BCUT2D eigenvalue weighted by Gasteiger charge is -2.30. The highest BCUT2D eigenvalue weighted by atomic mass is 15.1. The lowest BCUT2D eigenvalue weighted by atomic mass is 10.0. The summed E-state index contributed by atoms with van der Waals surface area (Å²) in [6, 6.07) is 0.713. The van der Waals surface area contributed by atoms with Gasteiger partial charge in [-0.05, 0) is 64.1 Å². The van der Waals surface area contributed by atoms with E-state index in [2.05, 4.69) is 24.1 Å². The predicted octanol–water partition coefficient (Wildman–Crippen LogP) is 2.25. The molecule has 2 fully saturated rings. The van der Waals surface area contributed by atoms with Crippen LogP contribution >= 0.6 is 0 Å². The number of hydrogen-bond acceptors (Lipinski definition) is 2. The fourth-order valence-corrected chi connectivity index (χ4v) is 2.67. The van der Waals surface area contributed by atoms with Gasteiger partial charge in [0.05, 0.1) is 0 Å². The molecule has 1 aliphatic carbocycles. The maximum Gasteiger partial charge on any atom is 0.00509 e. The largest absolute Gasteiger partial charge is 0.314 e. The van der Waals surface area contributed by atoms with Crippen LogP contribution in [0.15, 0.2) is 0 Å². The van der Waals surface area contributed by atoms with Crippen molar-refractivity contribution in [2.45, 2.75) is 52.0 Å². The van der Waals surface area contributed by atoms with Crippen LogP contribution in [0.4, 0.5) is 0 Å². The summed E-state index contributed by atoms with van der Waals surface area (Å²) >= 11 is 0. The Hall–Kier alpha value is -0.0800. The first-order chi connectivity index (χ1) is 7.24. The quantitative estimate of drug-likeness (QED) is 0.768. The van der Waals surface area contributed by atoms with Crippen molar-refractivity contribution >= 4 is 0 Å². The smallest absolute Gasteiger partial charge is 0.00509 e. The zero-order valence-electron chi connectivity index (χ0n) is 10.4. The highest BCUT2D eigenvalue weighted by molar-refractivity contribution is 4.94. The van der Waals surface area contributed by atoms with E-state index in [0.717, 1.165) is 5.41 Å². The van der Waals surface area contributed by atoms with Gasteiger partial charge in [-0.2, -0.15) is 0 Å². The zero-order valence-corrected chi connectivity index (χ0v) is 10.4. The average molecular weight is 210 g/mol. The minimum Gasteiger partial charge on any atom is -0.314 e. The van der Waals surface area contributed by atoms with Crippen LogP contribution in [0.25, 0.3) is 0 Å². The monoisotopic (exact) mass is 210 g/mol. The molecule has 1 N–H and O–H groups in total. The molecule has 1 saturated heterocycles. The van der Waals surface area contributed by atoms with E-state index in [1.165, 1.54) is 58.3 Å². The van der Waals surface area contributed by atoms with Gasteiger partial charge in [0.15, 0.2) is 0 Å². The van der Waals surface area contributed by atoms with Crippen LogP contribution in [0.5, 0.6) is 0 Å². The molecule has 1 unspecified atom stereocenters. The van der Waals surface area contributed by atoms with Gasteiger partial charge in [-0.15, -0.1) is 0 Å². The van der Waals surface area contributed by atoms with Crippen LogP contribution in [-0.2, 0) is 0 Å². The van der Waals surface area contributed by atoms with Crippen molar-refractivity contribution < 1.29 is 0 Å². The molecule has 2 aliphatic rings. The molecule has 1 atom stereocenters. The Morgan fingerprint density at radius 1 is 1.33 bits per heavy atom. The first kappa shape index (κ1) is 11.4. The summed E-state index contributed by atoms with van der Waals surface area (Å²) in [6.07, 6.45) is 6.99. The Labute approximate surface area is 94.4 Å². The summed E-state index contributed by atoms with van der Waals surface area (Å²) < 4.78 is 0. The van der Waals surface area contributed by atoms with Gasteiger partial charge in [-0.25, -0.2) is 0 Å². The summed E-state index contributed by atoms with van der Waals surface area (Å²) in [7, 11) is 0. The van der Waals surface area contributed by atoms with E-state index in [-0.39, 0.29) is 0 Å². The minimum atomic E-state index is 0.713. The second-order valence-corrected chi connectivity index (χ2v) is 5.63. The van der Waals surface area contributed by atoms with Crippen molar-refractivity contribution in [3.63, 3.8) is 0 Å². The van der Waals surface area contributed by atoms with Crippen LogP contribution in [0.2, 0.25) is 0 Å². The topological polar surface area (TPSA) is 15.3 Å². The minimum absolute atomic E-state index is 0.713. The molecule has 2 rings (SSSR count). The molecule has 0 spiro atoms. The third kappa shape index (κ3) is 3.18. The van der Waals surface area contributed by atoms with Gasteiger partial charge >= 0.3 is 0 Å². The number of rotatable bonds is 3. The molecular formula is C13H26N2. The highest BCUT2D eigenvalue weighted by Crippen LogP contribution is 2.49. The van der Waals surface area contributed by atoms with E-state index < -0.39 is 0 Å². The van der Waals surface area contributed by atoms with Crippen LogP contribution in [0.1, 0.15) is 46.0 Å². The van der Waals surface area contributed by atoms with Gasteiger partial charge in [-0.1, -0.05) is 6.92 Å². The fourth-order valence-electron chi connectivity index (χ4n) is 2.67. The van der Waals surface area contributed by atoms with Gasteiger partial charge in [-0.3, -0.25) is 0 Å². The first-order valence-corrected chi connectivity index (χ1v) is 6.70. The standard InChI is InChI=1S/C13H26N2/c1-3-13(6-7-13)11-15-9-4-8-14-12(2)5-10-15/h12,14H,3-11H2,1-2H3. The molecule has 0 aromatic rings. The molecule has 1 heterocycles. The molecule has 1 aliphatic heterocycles. The summed E-state index contributed by atoms with van der Waals surface area (Å²) in [5.74, 6) is 0. The average Bonchev–Trinajstić information content (AvgIpc) is 2.98. The lowest BCUT2D eigenvalue weighted by molar-refractivity contribution is 0.192. The van der Waals surface area contributed by atoms with E-state index in [4.69, 9.17) is 0 Å². The van der Waals surface area contributed by atoms with Gasteiger partial charge in [0.25, 0.3) is 0 Å². The molecular weight excluding hydrogens is 184 g/mol. The van der Waals surface area contributed by atoms with Crippen LogP contribution in [0, 0.1) is 5.41 Å². The van der Waals surface area contributed by atoms with Crippen LogP contribution < -0.4 is 5.32 Å². The van der Waals surface area contributed by atoms with Crippen molar-refractivity contribution in [3.05, 3.63) is 0 Å². The van der Waals surface area contributed by atoms with Crippen molar-refractivity contribution in [1.82, 2.24) is 10.2 Å². The maximum absolute atomic E-state index is 3.57. The Balaban J connectivity index is 1.79. The zero-order chi connectivity index (χ0) is 10.7.